The second-order valence-corrected chi connectivity index (χ2v) is 6.58. The summed E-state index contributed by atoms with van der Waals surface area (Å²) < 4.78 is 2.06. The molecule has 1 aromatic carbocycles. The van der Waals surface area contributed by atoms with Gasteiger partial charge in [-0.25, -0.2) is 0 Å². The van der Waals surface area contributed by atoms with Crippen LogP contribution >= 0.6 is 11.8 Å². The first kappa shape index (κ1) is 14.6. The first-order valence-corrected chi connectivity index (χ1v) is 8.48. The molecule has 0 saturated carbocycles. The highest BCUT2D eigenvalue weighted by Crippen LogP contribution is 2.42. The molecule has 0 amide bonds. The number of aliphatic hydroxyl groups is 1. The van der Waals surface area contributed by atoms with Crippen molar-refractivity contribution in [1.29, 1.82) is 0 Å². The second kappa shape index (κ2) is 6.62. The van der Waals surface area contributed by atoms with Crippen LogP contribution in [-0.2, 0) is 19.6 Å². The molecule has 0 spiro atoms. The molecule has 1 aliphatic carbocycles. The lowest BCUT2D eigenvalue weighted by atomic mass is 9.91. The van der Waals surface area contributed by atoms with Crippen molar-refractivity contribution in [3.05, 3.63) is 41.2 Å². The predicted molar refractivity (Wildman–Crippen MR) is 84.2 cm³/mol. The van der Waals surface area contributed by atoms with Gasteiger partial charge in [0.1, 0.15) is 6.61 Å². The molecule has 1 heterocycles. The minimum atomic E-state index is -0.0468. The molecular weight excluding hydrogens is 282 g/mol. The van der Waals surface area contributed by atoms with Gasteiger partial charge in [0.25, 0.3) is 0 Å². The average molecular weight is 303 g/mol. The topological polar surface area (TPSA) is 50.9 Å². The van der Waals surface area contributed by atoms with Gasteiger partial charge in [0, 0.05) is 11.8 Å². The molecule has 3 rings (SSSR count). The van der Waals surface area contributed by atoms with Gasteiger partial charge in [-0.05, 0) is 36.8 Å². The fraction of sp³-hybridized carbons (Fsp3) is 0.500. The van der Waals surface area contributed by atoms with Crippen LogP contribution in [0.5, 0.6) is 0 Å². The summed E-state index contributed by atoms with van der Waals surface area (Å²) in [7, 11) is 0. The number of aromatic nitrogens is 3. The minimum Gasteiger partial charge on any atom is -0.388 e. The van der Waals surface area contributed by atoms with Gasteiger partial charge < -0.3 is 9.67 Å². The van der Waals surface area contributed by atoms with Crippen molar-refractivity contribution in [1.82, 2.24) is 14.8 Å². The third-order valence-electron chi connectivity index (χ3n) is 3.94. The summed E-state index contributed by atoms with van der Waals surface area (Å²) in [6.45, 7) is 2.94. The Balaban J connectivity index is 1.86. The maximum absolute atomic E-state index is 9.39. The number of thioether (sulfide) groups is 1. The van der Waals surface area contributed by atoms with Gasteiger partial charge in [-0.3, -0.25) is 0 Å². The van der Waals surface area contributed by atoms with E-state index in [4.69, 9.17) is 0 Å². The quantitative estimate of drug-likeness (QED) is 0.920. The van der Waals surface area contributed by atoms with Crippen molar-refractivity contribution < 1.29 is 5.11 Å². The summed E-state index contributed by atoms with van der Waals surface area (Å²) in [4.78, 5) is 0. The van der Waals surface area contributed by atoms with Crippen molar-refractivity contribution in [3.63, 3.8) is 0 Å². The summed E-state index contributed by atoms with van der Waals surface area (Å²) >= 11 is 1.79. The number of hydrogen-bond acceptors (Lipinski definition) is 4. The van der Waals surface area contributed by atoms with E-state index < -0.39 is 0 Å². The lowest BCUT2D eigenvalue weighted by molar-refractivity contribution is 0.263. The van der Waals surface area contributed by atoms with Crippen LogP contribution in [0.25, 0.3) is 0 Å². The van der Waals surface area contributed by atoms with Crippen LogP contribution in [0.15, 0.2) is 29.4 Å². The molecule has 4 nitrogen and oxygen atoms in total. The Labute approximate surface area is 129 Å². The van der Waals surface area contributed by atoms with E-state index in [0.29, 0.717) is 11.1 Å². The van der Waals surface area contributed by atoms with Crippen molar-refractivity contribution in [3.8, 4) is 0 Å². The van der Waals surface area contributed by atoms with Crippen LogP contribution in [-0.4, -0.2) is 19.9 Å². The van der Waals surface area contributed by atoms with E-state index in [1.165, 1.54) is 30.4 Å². The SMILES string of the molecule is CCCn1c(CO)nnc1SC1CCCc2ccccc21. The number of aliphatic hydroxyl groups excluding tert-OH is 1. The number of rotatable bonds is 5. The van der Waals surface area contributed by atoms with Gasteiger partial charge >= 0.3 is 0 Å². The molecule has 112 valence electrons. The fourth-order valence-corrected chi connectivity index (χ4v) is 4.24. The van der Waals surface area contributed by atoms with E-state index in [1.807, 2.05) is 0 Å². The number of nitrogens with zero attached hydrogens (tertiary/aromatic N) is 3. The average Bonchev–Trinajstić information content (AvgIpc) is 2.90. The molecule has 0 radical (unpaired) electrons. The number of aryl methyl sites for hydroxylation is 1. The van der Waals surface area contributed by atoms with E-state index in [9.17, 15) is 5.11 Å². The molecule has 0 aliphatic heterocycles. The number of fused-ring (bicyclic) bond motifs is 1. The van der Waals surface area contributed by atoms with Crippen LogP contribution < -0.4 is 0 Å². The minimum absolute atomic E-state index is 0.0468. The third-order valence-corrected chi connectivity index (χ3v) is 5.23. The highest BCUT2D eigenvalue weighted by atomic mass is 32.2. The zero-order valence-electron chi connectivity index (χ0n) is 12.3. The van der Waals surface area contributed by atoms with Crippen LogP contribution in [0.4, 0.5) is 0 Å². The first-order chi connectivity index (χ1) is 10.3. The third kappa shape index (κ3) is 2.99. The van der Waals surface area contributed by atoms with Gasteiger partial charge in [-0.2, -0.15) is 0 Å². The number of hydrogen-bond donors (Lipinski definition) is 1. The first-order valence-electron chi connectivity index (χ1n) is 7.61. The summed E-state index contributed by atoms with van der Waals surface area (Å²) in [6, 6.07) is 8.71. The van der Waals surface area contributed by atoms with Crippen LogP contribution in [0, 0.1) is 0 Å². The van der Waals surface area contributed by atoms with Crippen LogP contribution in [0.1, 0.15) is 48.4 Å². The van der Waals surface area contributed by atoms with Crippen LogP contribution in [0.2, 0.25) is 0 Å². The second-order valence-electron chi connectivity index (χ2n) is 5.41. The van der Waals surface area contributed by atoms with Gasteiger partial charge in [0.15, 0.2) is 11.0 Å². The molecule has 1 aliphatic rings. The lowest BCUT2D eigenvalue weighted by Crippen LogP contribution is -2.09. The Morgan fingerprint density at radius 3 is 3.00 bits per heavy atom. The normalized spacial score (nSPS) is 17.7. The smallest absolute Gasteiger partial charge is 0.191 e. The molecule has 0 saturated heterocycles. The molecule has 1 atom stereocenters. The van der Waals surface area contributed by atoms with Crippen molar-refractivity contribution in [2.45, 2.75) is 56.2 Å². The van der Waals surface area contributed by atoms with Crippen molar-refractivity contribution in [2.75, 3.05) is 0 Å². The van der Waals surface area contributed by atoms with Crippen molar-refractivity contribution in [2.24, 2.45) is 0 Å². The Morgan fingerprint density at radius 1 is 1.33 bits per heavy atom. The molecule has 1 aromatic heterocycles. The number of benzene rings is 1. The highest BCUT2D eigenvalue weighted by Gasteiger charge is 2.23. The molecule has 5 heteroatoms. The van der Waals surface area contributed by atoms with E-state index in [-0.39, 0.29) is 6.61 Å². The highest BCUT2D eigenvalue weighted by molar-refractivity contribution is 7.99. The summed E-state index contributed by atoms with van der Waals surface area (Å²) in [5, 5.41) is 19.2. The zero-order valence-corrected chi connectivity index (χ0v) is 13.1. The maximum atomic E-state index is 9.39. The molecule has 21 heavy (non-hydrogen) atoms. The van der Waals surface area contributed by atoms with E-state index in [1.54, 1.807) is 11.8 Å². The van der Waals surface area contributed by atoms with Gasteiger partial charge in [-0.1, -0.05) is 43.0 Å². The molecular formula is C16H21N3OS. The monoisotopic (exact) mass is 303 g/mol. The Morgan fingerprint density at radius 2 is 2.19 bits per heavy atom. The largest absolute Gasteiger partial charge is 0.388 e. The molecule has 1 N–H and O–H groups in total. The van der Waals surface area contributed by atoms with Crippen LogP contribution in [0.3, 0.4) is 0 Å². The summed E-state index contributed by atoms with van der Waals surface area (Å²) in [6.07, 6.45) is 4.59. The van der Waals surface area contributed by atoms with Crippen molar-refractivity contribution >= 4 is 11.8 Å². The fourth-order valence-electron chi connectivity index (χ4n) is 2.93. The Kier molecular flexibility index (Phi) is 4.60. The van der Waals surface area contributed by atoms with Gasteiger partial charge in [0.2, 0.25) is 0 Å². The van der Waals surface area contributed by atoms with Gasteiger partial charge in [0.05, 0.1) is 0 Å². The van der Waals surface area contributed by atoms with E-state index in [0.717, 1.165) is 18.1 Å². The summed E-state index contributed by atoms with van der Waals surface area (Å²) in [5.74, 6) is 0.670. The maximum Gasteiger partial charge on any atom is 0.191 e. The summed E-state index contributed by atoms with van der Waals surface area (Å²) in [5.41, 5.74) is 2.90. The predicted octanol–water partition coefficient (Wildman–Crippen LogP) is 3.35. The zero-order chi connectivity index (χ0) is 14.7. The van der Waals surface area contributed by atoms with E-state index >= 15 is 0 Å². The molecule has 0 bridgehead atoms. The molecule has 0 fully saturated rings. The Bertz CT molecular complexity index is 611. The lowest BCUT2D eigenvalue weighted by Gasteiger charge is -2.24. The molecule has 1 unspecified atom stereocenters. The molecule has 2 aromatic rings. The standard InChI is InChI=1S/C16H21N3OS/c1-2-10-19-15(11-20)17-18-16(19)21-14-9-5-7-12-6-3-4-8-13(12)14/h3-4,6,8,14,20H,2,5,7,9-11H2,1H3. The Hall–Kier alpha value is -1.33. The van der Waals surface area contributed by atoms with E-state index in [2.05, 4.69) is 46.0 Å². The van der Waals surface area contributed by atoms with Gasteiger partial charge in [-0.15, -0.1) is 10.2 Å².